The van der Waals surface area contributed by atoms with Crippen LogP contribution in [0.1, 0.15) is 19.4 Å². The molecule has 4 nitrogen and oxygen atoms in total. The monoisotopic (exact) mass is 333 g/mol. The number of rotatable bonds is 6. The molecule has 122 valence electrons. The van der Waals surface area contributed by atoms with Crippen molar-refractivity contribution in [3.8, 4) is 11.5 Å². The molecule has 0 saturated carbocycles. The third kappa shape index (κ3) is 4.39. The van der Waals surface area contributed by atoms with E-state index in [1.165, 1.54) is 0 Å². The Morgan fingerprint density at radius 1 is 1.22 bits per heavy atom. The largest absolute Gasteiger partial charge is 0.495 e. The Kier molecular flexibility index (Phi) is 5.88. The number of carbonyl (C=O) groups excluding carboxylic acids is 1. The Morgan fingerprint density at radius 3 is 2.61 bits per heavy atom. The molecule has 5 heteroatoms. The molecule has 0 saturated heterocycles. The van der Waals surface area contributed by atoms with Gasteiger partial charge in [0, 0.05) is 5.69 Å². The van der Waals surface area contributed by atoms with E-state index < -0.39 is 6.10 Å². The molecule has 2 aromatic rings. The first-order valence-corrected chi connectivity index (χ1v) is 7.82. The number of methoxy groups -OCH3 is 1. The van der Waals surface area contributed by atoms with Crippen LogP contribution in [0.15, 0.2) is 42.5 Å². The predicted octanol–water partition coefficient (Wildman–Crippen LogP) is 4.32. The second-order valence-corrected chi connectivity index (χ2v) is 5.47. The van der Waals surface area contributed by atoms with Crippen LogP contribution in [-0.2, 0) is 11.2 Å². The average Bonchev–Trinajstić information content (AvgIpc) is 2.55. The van der Waals surface area contributed by atoms with Gasteiger partial charge >= 0.3 is 0 Å². The summed E-state index contributed by atoms with van der Waals surface area (Å²) in [6, 6.07) is 12.8. The minimum atomic E-state index is -0.622. The number of hydrogen-bond donors (Lipinski definition) is 1. The Balaban J connectivity index is 2.04. The molecule has 1 amide bonds. The fourth-order valence-corrected chi connectivity index (χ4v) is 2.40. The molecule has 2 rings (SSSR count). The van der Waals surface area contributed by atoms with Gasteiger partial charge in [0.05, 0.1) is 12.1 Å². The number of benzene rings is 2. The summed E-state index contributed by atoms with van der Waals surface area (Å²) >= 11 is 6.05. The van der Waals surface area contributed by atoms with Gasteiger partial charge in [-0.2, -0.15) is 0 Å². The first kappa shape index (κ1) is 17.2. The highest BCUT2D eigenvalue weighted by molar-refractivity contribution is 6.32. The summed E-state index contributed by atoms with van der Waals surface area (Å²) in [4.78, 5) is 12.3. The Morgan fingerprint density at radius 2 is 1.96 bits per heavy atom. The third-order valence-corrected chi connectivity index (χ3v) is 3.74. The van der Waals surface area contributed by atoms with Crippen molar-refractivity contribution in [1.29, 1.82) is 0 Å². The van der Waals surface area contributed by atoms with Crippen molar-refractivity contribution in [3.63, 3.8) is 0 Å². The molecular formula is C18H20ClNO3. The lowest BCUT2D eigenvalue weighted by Gasteiger charge is -2.17. The number of amides is 1. The molecule has 2 aromatic carbocycles. The van der Waals surface area contributed by atoms with Crippen LogP contribution in [0.3, 0.4) is 0 Å². The van der Waals surface area contributed by atoms with Crippen molar-refractivity contribution in [2.45, 2.75) is 26.4 Å². The van der Waals surface area contributed by atoms with E-state index in [1.807, 2.05) is 31.2 Å². The summed E-state index contributed by atoms with van der Waals surface area (Å²) in [6.07, 6.45) is 0.224. The molecule has 0 radical (unpaired) electrons. The van der Waals surface area contributed by atoms with E-state index in [0.717, 1.165) is 17.7 Å². The Bertz CT molecular complexity index is 688. The van der Waals surface area contributed by atoms with Crippen molar-refractivity contribution < 1.29 is 14.3 Å². The number of ether oxygens (including phenoxy) is 2. The zero-order valence-electron chi connectivity index (χ0n) is 13.4. The Labute approximate surface area is 141 Å². The van der Waals surface area contributed by atoms with Gasteiger partial charge in [-0.1, -0.05) is 36.7 Å². The number of halogens is 1. The second kappa shape index (κ2) is 7.88. The minimum absolute atomic E-state index is 0.239. The van der Waals surface area contributed by atoms with Gasteiger partial charge in [-0.15, -0.1) is 0 Å². The van der Waals surface area contributed by atoms with Gasteiger partial charge in [-0.05, 0) is 43.2 Å². The quantitative estimate of drug-likeness (QED) is 0.856. The fraction of sp³-hybridized carbons (Fsp3) is 0.278. The molecule has 0 aromatic heterocycles. The van der Waals surface area contributed by atoms with E-state index in [0.29, 0.717) is 16.5 Å². The van der Waals surface area contributed by atoms with Crippen molar-refractivity contribution in [1.82, 2.24) is 0 Å². The molecule has 0 fully saturated rings. The predicted molar refractivity (Wildman–Crippen MR) is 92.5 cm³/mol. The van der Waals surface area contributed by atoms with Gasteiger partial charge in [0.2, 0.25) is 0 Å². The van der Waals surface area contributed by atoms with E-state index in [9.17, 15) is 4.79 Å². The van der Waals surface area contributed by atoms with Crippen molar-refractivity contribution in [3.05, 3.63) is 53.1 Å². The molecule has 23 heavy (non-hydrogen) atoms. The summed E-state index contributed by atoms with van der Waals surface area (Å²) in [5.74, 6) is 1.05. The summed E-state index contributed by atoms with van der Waals surface area (Å²) in [5.41, 5.74) is 1.67. The van der Waals surface area contributed by atoms with Crippen LogP contribution < -0.4 is 14.8 Å². The zero-order chi connectivity index (χ0) is 16.8. The molecule has 0 bridgehead atoms. The number of nitrogens with one attached hydrogen (secondary N) is 1. The normalized spacial score (nSPS) is 11.7. The molecule has 0 aliphatic rings. The van der Waals surface area contributed by atoms with Crippen LogP contribution in [0.4, 0.5) is 5.69 Å². The molecule has 0 unspecified atom stereocenters. The summed E-state index contributed by atoms with van der Waals surface area (Å²) in [5, 5.41) is 3.23. The molecular weight excluding hydrogens is 314 g/mol. The lowest BCUT2D eigenvalue weighted by atomic mass is 10.1. The highest BCUT2D eigenvalue weighted by Gasteiger charge is 2.16. The second-order valence-electron chi connectivity index (χ2n) is 5.06. The number of anilines is 1. The highest BCUT2D eigenvalue weighted by Crippen LogP contribution is 2.27. The standard InChI is InChI=1S/C18H20ClNO3/c1-4-13-7-5-6-8-16(13)23-12(2)18(21)20-14-9-10-17(22-3)15(19)11-14/h5-12H,4H2,1-3H3,(H,20,21)/t12-/m0/s1. The Hall–Kier alpha value is -2.20. The number of para-hydroxylation sites is 1. The third-order valence-electron chi connectivity index (χ3n) is 3.45. The molecule has 1 atom stereocenters. The van der Waals surface area contributed by atoms with Crippen LogP contribution in [0.25, 0.3) is 0 Å². The van der Waals surface area contributed by atoms with Crippen LogP contribution in [0.2, 0.25) is 5.02 Å². The smallest absolute Gasteiger partial charge is 0.265 e. The van der Waals surface area contributed by atoms with Crippen molar-refractivity contribution in [2.75, 3.05) is 12.4 Å². The fourth-order valence-electron chi connectivity index (χ4n) is 2.14. The number of hydrogen-bond acceptors (Lipinski definition) is 3. The lowest BCUT2D eigenvalue weighted by molar-refractivity contribution is -0.122. The first-order chi connectivity index (χ1) is 11.0. The summed E-state index contributed by atoms with van der Waals surface area (Å²) in [7, 11) is 1.54. The van der Waals surface area contributed by atoms with Gasteiger partial charge in [-0.25, -0.2) is 0 Å². The van der Waals surface area contributed by atoms with Crippen LogP contribution in [0, 0.1) is 0 Å². The van der Waals surface area contributed by atoms with E-state index in [-0.39, 0.29) is 5.91 Å². The van der Waals surface area contributed by atoms with E-state index >= 15 is 0 Å². The lowest BCUT2D eigenvalue weighted by Crippen LogP contribution is -2.30. The van der Waals surface area contributed by atoms with Gasteiger partial charge in [-0.3, -0.25) is 4.79 Å². The maximum absolute atomic E-state index is 12.3. The number of aryl methyl sites for hydroxylation is 1. The van der Waals surface area contributed by atoms with E-state index in [2.05, 4.69) is 5.32 Å². The zero-order valence-corrected chi connectivity index (χ0v) is 14.2. The molecule has 1 N–H and O–H groups in total. The van der Waals surface area contributed by atoms with Gasteiger partial charge in [0.25, 0.3) is 5.91 Å². The van der Waals surface area contributed by atoms with E-state index in [4.69, 9.17) is 21.1 Å². The topological polar surface area (TPSA) is 47.6 Å². The van der Waals surface area contributed by atoms with Crippen LogP contribution in [-0.4, -0.2) is 19.1 Å². The maximum atomic E-state index is 12.3. The average molecular weight is 334 g/mol. The van der Waals surface area contributed by atoms with E-state index in [1.54, 1.807) is 32.2 Å². The van der Waals surface area contributed by atoms with Crippen LogP contribution >= 0.6 is 11.6 Å². The van der Waals surface area contributed by atoms with Gasteiger partial charge in [0.15, 0.2) is 6.10 Å². The van der Waals surface area contributed by atoms with Gasteiger partial charge in [0.1, 0.15) is 11.5 Å². The first-order valence-electron chi connectivity index (χ1n) is 7.44. The summed E-state index contributed by atoms with van der Waals surface area (Å²) in [6.45, 7) is 3.76. The van der Waals surface area contributed by atoms with Crippen molar-refractivity contribution in [2.24, 2.45) is 0 Å². The molecule has 0 aliphatic carbocycles. The van der Waals surface area contributed by atoms with Crippen molar-refractivity contribution >= 4 is 23.2 Å². The molecule has 0 heterocycles. The molecule has 0 spiro atoms. The SMILES string of the molecule is CCc1ccccc1O[C@@H](C)C(=O)Nc1ccc(OC)c(Cl)c1. The molecule has 0 aliphatic heterocycles. The number of carbonyl (C=O) groups is 1. The summed E-state index contributed by atoms with van der Waals surface area (Å²) < 4.78 is 10.9. The minimum Gasteiger partial charge on any atom is -0.495 e. The maximum Gasteiger partial charge on any atom is 0.265 e. The van der Waals surface area contributed by atoms with Gasteiger partial charge < -0.3 is 14.8 Å². The highest BCUT2D eigenvalue weighted by atomic mass is 35.5. The van der Waals surface area contributed by atoms with Crippen LogP contribution in [0.5, 0.6) is 11.5 Å².